The fourth-order valence-electron chi connectivity index (χ4n) is 2.66. The number of carbonyl (C=O) groups is 1. The quantitative estimate of drug-likeness (QED) is 0.905. The van der Waals surface area contributed by atoms with Crippen molar-refractivity contribution in [3.8, 4) is 0 Å². The molecular weight excluding hydrogens is 306 g/mol. The molecule has 1 fully saturated rings. The van der Waals surface area contributed by atoms with E-state index in [9.17, 15) is 4.79 Å². The summed E-state index contributed by atoms with van der Waals surface area (Å²) in [6, 6.07) is 5.90. The van der Waals surface area contributed by atoms with E-state index in [-0.39, 0.29) is 18.3 Å². The zero-order valence-electron chi connectivity index (χ0n) is 11.8. The minimum absolute atomic E-state index is 0. The van der Waals surface area contributed by atoms with Crippen LogP contribution in [0.2, 0.25) is 0 Å². The Hall–Kier alpha value is -1.17. The number of aromatic nitrogens is 1. The molecule has 1 saturated heterocycles. The van der Waals surface area contributed by atoms with Crippen LogP contribution < -0.4 is 10.6 Å². The van der Waals surface area contributed by atoms with Gasteiger partial charge in [0.1, 0.15) is 0 Å². The van der Waals surface area contributed by atoms with Crippen LogP contribution >= 0.6 is 23.7 Å². The van der Waals surface area contributed by atoms with Crippen molar-refractivity contribution in [3.05, 3.63) is 23.7 Å². The molecule has 1 aliphatic rings. The van der Waals surface area contributed by atoms with Crippen molar-refractivity contribution in [1.82, 2.24) is 10.3 Å². The molecule has 3 rings (SSSR count). The Morgan fingerprint density at radius 1 is 1.38 bits per heavy atom. The predicted molar refractivity (Wildman–Crippen MR) is 90.3 cm³/mol. The second-order valence-electron chi connectivity index (χ2n) is 5.32. The average Bonchev–Trinajstić information content (AvgIpc) is 2.94. The lowest BCUT2D eigenvalue weighted by Gasteiger charge is -2.22. The van der Waals surface area contributed by atoms with Crippen molar-refractivity contribution >= 4 is 45.6 Å². The molecule has 1 aromatic heterocycles. The molecule has 1 aromatic carbocycles. The maximum Gasteiger partial charge on any atom is 0.224 e. The fourth-order valence-corrected chi connectivity index (χ4v) is 3.32. The van der Waals surface area contributed by atoms with Gasteiger partial charge in [0.15, 0.2) is 0 Å². The molecule has 1 amide bonds. The smallest absolute Gasteiger partial charge is 0.224 e. The number of nitrogens with zero attached hydrogens (tertiary/aromatic N) is 1. The molecule has 0 unspecified atom stereocenters. The van der Waals surface area contributed by atoms with E-state index >= 15 is 0 Å². The lowest BCUT2D eigenvalue weighted by Crippen LogP contribution is -2.28. The Labute approximate surface area is 134 Å². The van der Waals surface area contributed by atoms with E-state index < -0.39 is 0 Å². The standard InChI is InChI=1S/C15H19N3OS.ClH/c19-15(4-1-11-5-7-16-8-6-11)18-12-2-3-14-13(9-12)17-10-20-14;/h2-3,9-11,16H,1,4-8H2,(H,18,19);1H. The van der Waals surface area contributed by atoms with Gasteiger partial charge in [-0.3, -0.25) is 4.79 Å². The van der Waals surface area contributed by atoms with Crippen molar-refractivity contribution < 1.29 is 4.79 Å². The summed E-state index contributed by atoms with van der Waals surface area (Å²) in [7, 11) is 0. The van der Waals surface area contributed by atoms with Gasteiger partial charge in [0.25, 0.3) is 0 Å². The number of hydrogen-bond acceptors (Lipinski definition) is 4. The molecule has 0 atom stereocenters. The number of piperidine rings is 1. The number of halogens is 1. The third-order valence-corrected chi connectivity index (χ3v) is 4.66. The number of thiazole rings is 1. The van der Waals surface area contributed by atoms with E-state index in [0.29, 0.717) is 12.3 Å². The second kappa shape index (κ2) is 7.73. The largest absolute Gasteiger partial charge is 0.326 e. The molecule has 1 aliphatic heterocycles. The molecule has 6 heteroatoms. The first-order valence-corrected chi connectivity index (χ1v) is 8.03. The summed E-state index contributed by atoms with van der Waals surface area (Å²) in [5.74, 6) is 0.807. The summed E-state index contributed by atoms with van der Waals surface area (Å²) >= 11 is 1.61. The number of anilines is 1. The second-order valence-corrected chi connectivity index (χ2v) is 6.20. The summed E-state index contributed by atoms with van der Waals surface area (Å²) in [5.41, 5.74) is 3.62. The van der Waals surface area contributed by atoms with Gasteiger partial charge in [-0.05, 0) is 56.5 Å². The van der Waals surface area contributed by atoms with Gasteiger partial charge < -0.3 is 10.6 Å². The summed E-state index contributed by atoms with van der Waals surface area (Å²) in [6.07, 6.45) is 3.99. The number of fused-ring (bicyclic) bond motifs is 1. The van der Waals surface area contributed by atoms with E-state index in [1.165, 1.54) is 12.8 Å². The zero-order chi connectivity index (χ0) is 13.8. The summed E-state index contributed by atoms with van der Waals surface area (Å²) in [6.45, 7) is 2.18. The highest BCUT2D eigenvalue weighted by Crippen LogP contribution is 2.22. The molecule has 0 saturated carbocycles. The first-order chi connectivity index (χ1) is 9.81. The van der Waals surface area contributed by atoms with Crippen LogP contribution in [0.4, 0.5) is 5.69 Å². The Morgan fingerprint density at radius 3 is 3.00 bits per heavy atom. The van der Waals surface area contributed by atoms with Crippen molar-refractivity contribution in [2.24, 2.45) is 5.92 Å². The number of amides is 1. The Kier molecular flexibility index (Phi) is 5.96. The van der Waals surface area contributed by atoms with Crippen LogP contribution in [-0.2, 0) is 4.79 Å². The lowest BCUT2D eigenvalue weighted by atomic mass is 9.93. The summed E-state index contributed by atoms with van der Waals surface area (Å²) in [5, 5.41) is 6.32. The lowest BCUT2D eigenvalue weighted by molar-refractivity contribution is -0.116. The van der Waals surface area contributed by atoms with Gasteiger partial charge >= 0.3 is 0 Å². The molecule has 2 aromatic rings. The van der Waals surface area contributed by atoms with E-state index in [0.717, 1.165) is 35.4 Å². The first kappa shape index (κ1) is 16.2. The third kappa shape index (κ3) is 4.40. The molecule has 0 bridgehead atoms. The van der Waals surface area contributed by atoms with Crippen LogP contribution in [0.1, 0.15) is 25.7 Å². The number of carbonyl (C=O) groups excluding carboxylic acids is 1. The highest BCUT2D eigenvalue weighted by atomic mass is 35.5. The molecule has 4 nitrogen and oxygen atoms in total. The molecule has 114 valence electrons. The number of rotatable bonds is 4. The fraction of sp³-hybridized carbons (Fsp3) is 0.467. The van der Waals surface area contributed by atoms with Gasteiger partial charge in [-0.15, -0.1) is 23.7 Å². The van der Waals surface area contributed by atoms with E-state index in [1.54, 1.807) is 11.3 Å². The Morgan fingerprint density at radius 2 is 2.19 bits per heavy atom. The molecular formula is C15H20ClN3OS. The minimum atomic E-state index is 0. The van der Waals surface area contributed by atoms with E-state index in [4.69, 9.17) is 0 Å². The maximum absolute atomic E-state index is 12.0. The maximum atomic E-state index is 12.0. The van der Waals surface area contributed by atoms with Gasteiger partial charge in [-0.2, -0.15) is 0 Å². The molecule has 2 N–H and O–H groups in total. The van der Waals surface area contributed by atoms with Crippen LogP contribution in [-0.4, -0.2) is 24.0 Å². The molecule has 0 aliphatic carbocycles. The first-order valence-electron chi connectivity index (χ1n) is 7.15. The monoisotopic (exact) mass is 325 g/mol. The van der Waals surface area contributed by atoms with E-state index in [1.807, 2.05) is 23.7 Å². The normalized spacial score (nSPS) is 15.6. The van der Waals surface area contributed by atoms with Crippen LogP contribution in [0.25, 0.3) is 10.2 Å². The number of nitrogens with one attached hydrogen (secondary N) is 2. The van der Waals surface area contributed by atoms with Crippen molar-refractivity contribution in [1.29, 1.82) is 0 Å². The Balaban J connectivity index is 0.00000161. The van der Waals surface area contributed by atoms with Crippen molar-refractivity contribution in [2.75, 3.05) is 18.4 Å². The highest BCUT2D eigenvalue weighted by molar-refractivity contribution is 7.16. The van der Waals surface area contributed by atoms with E-state index in [2.05, 4.69) is 15.6 Å². The van der Waals surface area contributed by atoms with Gasteiger partial charge in [0, 0.05) is 12.1 Å². The Bertz CT molecular complexity index is 595. The SMILES string of the molecule is Cl.O=C(CCC1CCNCC1)Nc1ccc2scnc2c1. The van der Waals surface area contributed by atoms with Crippen LogP contribution in [0.15, 0.2) is 23.7 Å². The van der Waals surface area contributed by atoms with Crippen LogP contribution in [0.3, 0.4) is 0 Å². The number of benzene rings is 1. The van der Waals surface area contributed by atoms with Crippen molar-refractivity contribution in [3.63, 3.8) is 0 Å². The predicted octanol–water partition coefficient (Wildman–Crippen LogP) is 3.44. The van der Waals surface area contributed by atoms with Gasteiger partial charge in [-0.25, -0.2) is 4.98 Å². The highest BCUT2D eigenvalue weighted by Gasteiger charge is 2.14. The number of hydrogen-bond donors (Lipinski definition) is 2. The topological polar surface area (TPSA) is 54.0 Å². The molecule has 2 heterocycles. The molecule has 0 spiro atoms. The van der Waals surface area contributed by atoms with Gasteiger partial charge in [0.05, 0.1) is 15.7 Å². The summed E-state index contributed by atoms with van der Waals surface area (Å²) in [4.78, 5) is 16.3. The van der Waals surface area contributed by atoms with Gasteiger partial charge in [0.2, 0.25) is 5.91 Å². The summed E-state index contributed by atoms with van der Waals surface area (Å²) < 4.78 is 1.15. The van der Waals surface area contributed by atoms with Crippen LogP contribution in [0.5, 0.6) is 0 Å². The molecule has 0 radical (unpaired) electrons. The van der Waals surface area contributed by atoms with Crippen molar-refractivity contribution in [2.45, 2.75) is 25.7 Å². The van der Waals surface area contributed by atoms with Gasteiger partial charge in [-0.1, -0.05) is 0 Å². The molecule has 21 heavy (non-hydrogen) atoms. The van der Waals surface area contributed by atoms with Crippen LogP contribution in [0, 0.1) is 5.92 Å². The zero-order valence-corrected chi connectivity index (χ0v) is 13.4. The third-order valence-electron chi connectivity index (χ3n) is 3.85. The minimum Gasteiger partial charge on any atom is -0.326 e. The average molecular weight is 326 g/mol.